The number of pyridine rings is 2. The number of aryl methyl sites for hydroxylation is 4. The fraction of sp³-hybridized carbons (Fsp3) is 0.209. The molecule has 4 nitrogen and oxygen atoms in total. The normalized spacial score (nSPS) is 15.9. The van der Waals surface area contributed by atoms with Crippen LogP contribution in [0.4, 0.5) is 23.0 Å². The van der Waals surface area contributed by atoms with E-state index in [0.717, 1.165) is 50.4 Å². The molecule has 9 rings (SSSR count). The van der Waals surface area contributed by atoms with Gasteiger partial charge in [0, 0.05) is 36.9 Å². The number of fused-ring (bicyclic) bond motifs is 5. The Labute approximate surface area is 277 Å². The van der Waals surface area contributed by atoms with E-state index in [1.54, 1.807) is 0 Å². The lowest BCUT2D eigenvalue weighted by Gasteiger charge is -2.38. The smallest absolute Gasteiger partial charge is 0.133 e. The maximum atomic E-state index is 4.84. The molecule has 0 saturated heterocycles. The zero-order valence-corrected chi connectivity index (χ0v) is 27.1. The minimum atomic E-state index is -0.483. The summed E-state index contributed by atoms with van der Waals surface area (Å²) in [6, 6.07) is 41.3. The van der Waals surface area contributed by atoms with Crippen LogP contribution >= 0.6 is 0 Å². The van der Waals surface area contributed by atoms with E-state index in [1.165, 1.54) is 67.0 Å². The van der Waals surface area contributed by atoms with E-state index in [0.29, 0.717) is 0 Å². The van der Waals surface area contributed by atoms with Gasteiger partial charge in [0.25, 0.3) is 0 Å². The van der Waals surface area contributed by atoms with Crippen molar-refractivity contribution < 1.29 is 0 Å². The molecular weight excluding hydrogens is 573 g/mol. The second-order valence-electron chi connectivity index (χ2n) is 13.4. The van der Waals surface area contributed by atoms with E-state index in [-0.39, 0.29) is 0 Å². The van der Waals surface area contributed by atoms with Crippen LogP contribution in [-0.2, 0) is 18.3 Å². The summed E-state index contributed by atoms with van der Waals surface area (Å²) in [5.74, 6) is 2.05. The van der Waals surface area contributed by atoms with Crippen molar-refractivity contribution >= 4 is 23.0 Å². The first-order valence-electron chi connectivity index (χ1n) is 17.0. The zero-order chi connectivity index (χ0) is 31.5. The molecule has 0 amide bonds. The van der Waals surface area contributed by atoms with Crippen LogP contribution in [0.2, 0.25) is 0 Å². The third-order valence-electron chi connectivity index (χ3n) is 10.6. The van der Waals surface area contributed by atoms with Gasteiger partial charge in [0.2, 0.25) is 0 Å². The van der Waals surface area contributed by atoms with Crippen molar-refractivity contribution in [3.05, 3.63) is 166 Å². The highest BCUT2D eigenvalue weighted by atomic mass is 15.2. The number of benzene rings is 4. The summed E-state index contributed by atoms with van der Waals surface area (Å²) in [6.45, 7) is 6.23. The average Bonchev–Trinajstić information content (AvgIpc) is 3.42. The Bertz CT molecular complexity index is 2010. The third-order valence-corrected chi connectivity index (χ3v) is 10.6. The van der Waals surface area contributed by atoms with Gasteiger partial charge in [-0.2, -0.15) is 0 Å². The first kappa shape index (κ1) is 28.0. The van der Waals surface area contributed by atoms with Gasteiger partial charge in [-0.15, -0.1) is 0 Å². The van der Waals surface area contributed by atoms with Crippen molar-refractivity contribution in [2.45, 2.75) is 44.9 Å². The minimum absolute atomic E-state index is 0.483. The molecule has 0 saturated carbocycles. The number of anilines is 4. The number of rotatable bonds is 4. The molecule has 2 aromatic heterocycles. The van der Waals surface area contributed by atoms with Gasteiger partial charge in [0.1, 0.15) is 11.6 Å². The summed E-state index contributed by atoms with van der Waals surface area (Å²) in [5.41, 5.74) is 15.2. The summed E-state index contributed by atoms with van der Waals surface area (Å²) in [4.78, 5) is 14.6. The molecule has 0 bridgehead atoms. The van der Waals surface area contributed by atoms with Crippen LogP contribution in [0.1, 0.15) is 57.3 Å². The van der Waals surface area contributed by atoms with Crippen LogP contribution in [-0.4, -0.2) is 23.1 Å². The highest BCUT2D eigenvalue weighted by Crippen LogP contribution is 2.57. The Morgan fingerprint density at radius 2 is 1.00 bits per heavy atom. The zero-order valence-electron chi connectivity index (χ0n) is 27.1. The van der Waals surface area contributed by atoms with Crippen LogP contribution < -0.4 is 9.80 Å². The lowest BCUT2D eigenvalue weighted by Crippen LogP contribution is -2.32. The number of hydrogen-bond donors (Lipinski definition) is 0. The van der Waals surface area contributed by atoms with E-state index >= 15 is 0 Å². The first-order chi connectivity index (χ1) is 23.1. The molecule has 0 unspecified atom stereocenters. The molecule has 4 heteroatoms. The predicted molar refractivity (Wildman–Crippen MR) is 192 cm³/mol. The molecule has 1 aliphatic carbocycles. The third kappa shape index (κ3) is 4.35. The van der Waals surface area contributed by atoms with Crippen LogP contribution in [0.25, 0.3) is 11.1 Å². The van der Waals surface area contributed by atoms with E-state index in [2.05, 4.69) is 133 Å². The molecule has 3 aliphatic rings. The monoisotopic (exact) mass is 610 g/mol. The quantitative estimate of drug-likeness (QED) is 0.199. The SMILES string of the molecule is Cc1ccnc(N2CCCc3ccc(C4(c5ccc6c(c5)N(c5cc(C)ccn5)CCC6)c5ccccc5-c5ccccc54)cc32)c1. The van der Waals surface area contributed by atoms with Gasteiger partial charge < -0.3 is 9.80 Å². The Balaban J connectivity index is 1.31. The molecule has 0 fully saturated rings. The van der Waals surface area contributed by atoms with Crippen molar-refractivity contribution in [3.8, 4) is 11.1 Å². The van der Waals surface area contributed by atoms with Gasteiger partial charge >= 0.3 is 0 Å². The van der Waals surface area contributed by atoms with E-state index < -0.39 is 5.41 Å². The highest BCUT2D eigenvalue weighted by Gasteiger charge is 2.47. The van der Waals surface area contributed by atoms with Crippen molar-refractivity contribution in [2.75, 3.05) is 22.9 Å². The molecule has 0 spiro atoms. The Kier molecular flexibility index (Phi) is 6.53. The van der Waals surface area contributed by atoms with Gasteiger partial charge in [-0.1, -0.05) is 72.8 Å². The predicted octanol–water partition coefficient (Wildman–Crippen LogP) is 9.63. The molecular formula is C43H38N4. The molecule has 230 valence electrons. The summed E-state index contributed by atoms with van der Waals surface area (Å²) >= 11 is 0. The molecule has 47 heavy (non-hydrogen) atoms. The van der Waals surface area contributed by atoms with Crippen LogP contribution in [0, 0.1) is 13.8 Å². The molecule has 4 heterocycles. The van der Waals surface area contributed by atoms with Crippen molar-refractivity contribution in [1.82, 2.24) is 9.97 Å². The number of aromatic nitrogens is 2. The summed E-state index contributed by atoms with van der Waals surface area (Å²) in [6.07, 6.45) is 8.27. The lowest BCUT2D eigenvalue weighted by molar-refractivity contribution is 0.732. The van der Waals surface area contributed by atoms with Crippen molar-refractivity contribution in [3.63, 3.8) is 0 Å². The molecule has 4 aromatic carbocycles. The fourth-order valence-corrected chi connectivity index (χ4v) is 8.45. The molecule has 0 atom stereocenters. The fourth-order valence-electron chi connectivity index (χ4n) is 8.45. The minimum Gasteiger partial charge on any atom is -0.326 e. The largest absolute Gasteiger partial charge is 0.326 e. The van der Waals surface area contributed by atoms with E-state index in [4.69, 9.17) is 9.97 Å². The van der Waals surface area contributed by atoms with Gasteiger partial charge in [-0.25, -0.2) is 9.97 Å². The second kappa shape index (κ2) is 10.9. The Morgan fingerprint density at radius 1 is 0.532 bits per heavy atom. The summed E-state index contributed by atoms with van der Waals surface area (Å²) in [7, 11) is 0. The Morgan fingerprint density at radius 3 is 1.47 bits per heavy atom. The van der Waals surface area contributed by atoms with Gasteiger partial charge in [0.15, 0.2) is 0 Å². The average molecular weight is 611 g/mol. The van der Waals surface area contributed by atoms with Crippen molar-refractivity contribution in [2.24, 2.45) is 0 Å². The van der Waals surface area contributed by atoms with Crippen LogP contribution in [0.5, 0.6) is 0 Å². The number of hydrogen-bond acceptors (Lipinski definition) is 4. The van der Waals surface area contributed by atoms with E-state index in [1.807, 2.05) is 12.4 Å². The molecule has 0 radical (unpaired) electrons. The summed E-state index contributed by atoms with van der Waals surface area (Å²) < 4.78 is 0. The number of nitrogens with zero attached hydrogens (tertiary/aromatic N) is 4. The maximum absolute atomic E-state index is 4.84. The lowest BCUT2D eigenvalue weighted by atomic mass is 9.67. The van der Waals surface area contributed by atoms with Gasteiger partial charge in [-0.05, 0) is 132 Å². The first-order valence-corrected chi connectivity index (χ1v) is 17.0. The topological polar surface area (TPSA) is 32.3 Å². The van der Waals surface area contributed by atoms with Gasteiger partial charge in [0.05, 0.1) is 5.41 Å². The molecule has 6 aromatic rings. The van der Waals surface area contributed by atoms with Crippen molar-refractivity contribution in [1.29, 1.82) is 0 Å². The standard InChI is InChI=1S/C43H38N4/c1-29-19-21-44-41(25-29)46-23-7-9-31-15-17-33(27-39(31)46)43(37-13-5-3-11-35(37)36-12-4-6-14-38(36)43)34-18-16-32-10-8-24-47(40(32)28-34)42-26-30(2)20-22-45-42/h3-6,11-22,25-28H,7-10,23-24H2,1-2H3. The maximum Gasteiger partial charge on any atom is 0.133 e. The molecule has 2 aliphatic heterocycles. The van der Waals surface area contributed by atoms with Crippen LogP contribution in [0.3, 0.4) is 0 Å². The van der Waals surface area contributed by atoms with Crippen LogP contribution in [0.15, 0.2) is 122 Å². The Hall–Kier alpha value is -5.22. The summed E-state index contributed by atoms with van der Waals surface area (Å²) in [5, 5.41) is 0. The second-order valence-corrected chi connectivity index (χ2v) is 13.4. The van der Waals surface area contributed by atoms with E-state index in [9.17, 15) is 0 Å². The van der Waals surface area contributed by atoms with Gasteiger partial charge in [-0.3, -0.25) is 0 Å². The highest BCUT2D eigenvalue weighted by molar-refractivity contribution is 5.87. The molecule has 0 N–H and O–H groups in total.